The van der Waals surface area contributed by atoms with Crippen molar-refractivity contribution < 1.29 is 9.59 Å². The van der Waals surface area contributed by atoms with Gasteiger partial charge in [-0.15, -0.1) is 0 Å². The second kappa shape index (κ2) is 10.6. The number of hydrogen-bond acceptors (Lipinski definition) is 4. The summed E-state index contributed by atoms with van der Waals surface area (Å²) in [6.07, 6.45) is 0.487. The third-order valence-electron chi connectivity index (χ3n) is 5.16. The van der Waals surface area contributed by atoms with Gasteiger partial charge in [0.25, 0.3) is 5.91 Å². The summed E-state index contributed by atoms with van der Waals surface area (Å²) < 4.78 is 0. The highest BCUT2D eigenvalue weighted by Crippen LogP contribution is 2.15. The van der Waals surface area contributed by atoms with Crippen LogP contribution >= 0.6 is 0 Å². The predicted molar refractivity (Wildman–Crippen MR) is 116 cm³/mol. The van der Waals surface area contributed by atoms with E-state index < -0.39 is 0 Å². The Morgan fingerprint density at radius 3 is 2.41 bits per heavy atom. The number of carbonyl (C=O) groups excluding carboxylic acids is 2. The van der Waals surface area contributed by atoms with Crippen molar-refractivity contribution in [2.24, 2.45) is 0 Å². The monoisotopic (exact) mass is 394 g/mol. The molecule has 6 nitrogen and oxygen atoms in total. The second-order valence-electron chi connectivity index (χ2n) is 7.25. The van der Waals surface area contributed by atoms with Gasteiger partial charge in [0.05, 0.1) is 0 Å². The molecule has 29 heavy (non-hydrogen) atoms. The van der Waals surface area contributed by atoms with Gasteiger partial charge in [0.15, 0.2) is 0 Å². The summed E-state index contributed by atoms with van der Waals surface area (Å²) in [5.41, 5.74) is 2.81. The number of nitrogens with zero attached hydrogens (tertiary/aromatic N) is 2. The standard InChI is InChI=1S/C23H30N4O2/c1-2-24-23(29)20-8-6-7-19(17-20)18-25-22(28)11-12-26-13-15-27(16-14-26)21-9-4-3-5-10-21/h3-10,17H,2,11-16,18H2,1H3,(H,24,29)(H,25,28). The van der Waals surface area contributed by atoms with E-state index in [1.807, 2.05) is 31.2 Å². The normalized spacial score (nSPS) is 14.4. The van der Waals surface area contributed by atoms with Crippen LogP contribution in [-0.4, -0.2) is 56.0 Å². The number of carbonyl (C=O) groups is 2. The minimum Gasteiger partial charge on any atom is -0.369 e. The van der Waals surface area contributed by atoms with Crippen LogP contribution in [-0.2, 0) is 11.3 Å². The molecule has 0 radical (unpaired) electrons. The molecule has 154 valence electrons. The SMILES string of the molecule is CCNC(=O)c1cccc(CNC(=O)CCN2CCN(c3ccccc3)CC2)c1. The lowest BCUT2D eigenvalue weighted by atomic mass is 10.1. The second-order valence-corrected chi connectivity index (χ2v) is 7.25. The van der Waals surface area contributed by atoms with Crippen LogP contribution in [0.3, 0.4) is 0 Å². The summed E-state index contributed by atoms with van der Waals surface area (Å²) in [6, 6.07) is 17.8. The molecule has 1 heterocycles. The zero-order chi connectivity index (χ0) is 20.5. The molecule has 1 aliphatic rings. The average Bonchev–Trinajstić information content (AvgIpc) is 2.77. The molecule has 2 N–H and O–H groups in total. The molecular formula is C23H30N4O2. The van der Waals surface area contributed by atoms with Crippen molar-refractivity contribution in [3.8, 4) is 0 Å². The first-order valence-corrected chi connectivity index (χ1v) is 10.3. The van der Waals surface area contributed by atoms with E-state index in [1.54, 1.807) is 6.07 Å². The van der Waals surface area contributed by atoms with Gasteiger partial charge >= 0.3 is 0 Å². The highest BCUT2D eigenvalue weighted by Gasteiger charge is 2.17. The number of rotatable bonds is 8. The van der Waals surface area contributed by atoms with Crippen LogP contribution in [0.15, 0.2) is 54.6 Å². The van der Waals surface area contributed by atoms with Crippen molar-refractivity contribution >= 4 is 17.5 Å². The molecule has 1 fully saturated rings. The van der Waals surface area contributed by atoms with Crippen molar-refractivity contribution in [1.29, 1.82) is 0 Å². The highest BCUT2D eigenvalue weighted by atomic mass is 16.2. The lowest BCUT2D eigenvalue weighted by Gasteiger charge is -2.36. The van der Waals surface area contributed by atoms with Gasteiger partial charge < -0.3 is 15.5 Å². The fourth-order valence-corrected chi connectivity index (χ4v) is 3.50. The zero-order valence-corrected chi connectivity index (χ0v) is 17.1. The number of amides is 2. The molecule has 2 aromatic rings. The minimum absolute atomic E-state index is 0.0406. The largest absolute Gasteiger partial charge is 0.369 e. The van der Waals surface area contributed by atoms with Gasteiger partial charge in [0, 0.05) is 63.5 Å². The first-order chi connectivity index (χ1) is 14.2. The van der Waals surface area contributed by atoms with E-state index in [4.69, 9.17) is 0 Å². The van der Waals surface area contributed by atoms with E-state index in [0.717, 1.165) is 38.3 Å². The maximum Gasteiger partial charge on any atom is 0.251 e. The third kappa shape index (κ3) is 6.32. The summed E-state index contributed by atoms with van der Waals surface area (Å²) >= 11 is 0. The number of anilines is 1. The summed E-state index contributed by atoms with van der Waals surface area (Å²) in [7, 11) is 0. The molecule has 1 saturated heterocycles. The molecule has 0 saturated carbocycles. The van der Waals surface area contributed by atoms with Crippen molar-refractivity contribution in [2.45, 2.75) is 19.9 Å². The molecule has 1 aliphatic heterocycles. The topological polar surface area (TPSA) is 64.7 Å². The van der Waals surface area contributed by atoms with E-state index >= 15 is 0 Å². The van der Waals surface area contributed by atoms with Crippen molar-refractivity contribution in [1.82, 2.24) is 15.5 Å². The molecule has 0 aromatic heterocycles. The fraction of sp³-hybridized carbons (Fsp3) is 0.391. The van der Waals surface area contributed by atoms with E-state index in [9.17, 15) is 9.59 Å². The van der Waals surface area contributed by atoms with Crippen LogP contribution in [0.1, 0.15) is 29.3 Å². The molecule has 0 aliphatic carbocycles. The quantitative estimate of drug-likeness (QED) is 0.721. The Morgan fingerprint density at radius 2 is 1.69 bits per heavy atom. The maximum absolute atomic E-state index is 12.2. The minimum atomic E-state index is -0.0877. The smallest absolute Gasteiger partial charge is 0.251 e. The lowest BCUT2D eigenvalue weighted by Crippen LogP contribution is -2.47. The molecular weight excluding hydrogens is 364 g/mol. The van der Waals surface area contributed by atoms with Crippen molar-refractivity contribution in [3.63, 3.8) is 0 Å². The Kier molecular flexibility index (Phi) is 7.64. The third-order valence-corrected chi connectivity index (χ3v) is 5.16. The molecule has 0 bridgehead atoms. The predicted octanol–water partition coefficient (Wildman–Crippen LogP) is 2.26. The summed E-state index contributed by atoms with van der Waals surface area (Å²) in [5.74, 6) is -0.0470. The van der Waals surface area contributed by atoms with E-state index in [-0.39, 0.29) is 11.8 Å². The van der Waals surface area contributed by atoms with Crippen LogP contribution in [0.25, 0.3) is 0 Å². The summed E-state index contributed by atoms with van der Waals surface area (Å²) in [5, 5.41) is 5.75. The van der Waals surface area contributed by atoms with E-state index in [1.165, 1.54) is 5.69 Å². The zero-order valence-electron chi connectivity index (χ0n) is 17.1. The van der Waals surface area contributed by atoms with Crippen LogP contribution in [0.4, 0.5) is 5.69 Å². The fourth-order valence-electron chi connectivity index (χ4n) is 3.50. The summed E-state index contributed by atoms with van der Waals surface area (Å²) in [4.78, 5) is 28.9. The maximum atomic E-state index is 12.2. The van der Waals surface area contributed by atoms with Crippen LogP contribution in [0.5, 0.6) is 0 Å². The molecule has 2 aromatic carbocycles. The van der Waals surface area contributed by atoms with Crippen LogP contribution in [0, 0.1) is 0 Å². The first kappa shape index (κ1) is 20.9. The van der Waals surface area contributed by atoms with Gasteiger partial charge in [-0.05, 0) is 36.8 Å². The number of para-hydroxylation sites is 1. The Labute approximate surface area is 172 Å². The van der Waals surface area contributed by atoms with Crippen molar-refractivity contribution in [3.05, 3.63) is 65.7 Å². The van der Waals surface area contributed by atoms with Crippen molar-refractivity contribution in [2.75, 3.05) is 44.2 Å². The van der Waals surface area contributed by atoms with E-state index in [0.29, 0.717) is 25.1 Å². The van der Waals surface area contributed by atoms with Crippen LogP contribution < -0.4 is 15.5 Å². The molecule has 2 amide bonds. The highest BCUT2D eigenvalue weighted by molar-refractivity contribution is 5.94. The first-order valence-electron chi connectivity index (χ1n) is 10.3. The molecule has 0 atom stereocenters. The summed E-state index contributed by atoms with van der Waals surface area (Å²) in [6.45, 7) is 7.61. The molecule has 0 spiro atoms. The van der Waals surface area contributed by atoms with E-state index in [2.05, 4.69) is 44.7 Å². The average molecular weight is 395 g/mol. The van der Waals surface area contributed by atoms with Gasteiger partial charge in [0.1, 0.15) is 0 Å². The number of hydrogen-bond donors (Lipinski definition) is 2. The van der Waals surface area contributed by atoms with Gasteiger partial charge in [-0.25, -0.2) is 0 Å². The number of piperazine rings is 1. The Bertz CT molecular complexity index is 802. The molecule has 0 unspecified atom stereocenters. The van der Waals surface area contributed by atoms with Gasteiger partial charge in [-0.3, -0.25) is 14.5 Å². The van der Waals surface area contributed by atoms with Crippen LogP contribution in [0.2, 0.25) is 0 Å². The lowest BCUT2D eigenvalue weighted by molar-refractivity contribution is -0.121. The molecule has 3 rings (SSSR count). The Balaban J connectivity index is 1.38. The van der Waals surface area contributed by atoms with Gasteiger partial charge in [-0.1, -0.05) is 30.3 Å². The molecule has 6 heteroatoms. The Morgan fingerprint density at radius 1 is 0.931 bits per heavy atom. The Hall–Kier alpha value is -2.86. The number of nitrogens with one attached hydrogen (secondary N) is 2. The number of benzene rings is 2. The van der Waals surface area contributed by atoms with Gasteiger partial charge in [0.2, 0.25) is 5.91 Å². The van der Waals surface area contributed by atoms with Gasteiger partial charge in [-0.2, -0.15) is 0 Å².